The molecule has 0 aromatic heterocycles. The molecule has 0 radical (unpaired) electrons. The van der Waals surface area contributed by atoms with Crippen LogP contribution in [0.25, 0.3) is 0 Å². The fourth-order valence-corrected chi connectivity index (χ4v) is 3.33. The van der Waals surface area contributed by atoms with Gasteiger partial charge in [0.15, 0.2) is 5.11 Å². The SMILES string of the molecule is Cc1ccc(CNC(=S)N2CCN(Cc3ccc(Cl)cc3)CC2)cc1. The van der Waals surface area contributed by atoms with Gasteiger partial charge in [-0.1, -0.05) is 53.6 Å². The zero-order chi connectivity index (χ0) is 17.6. The van der Waals surface area contributed by atoms with Gasteiger partial charge in [-0.25, -0.2) is 0 Å². The summed E-state index contributed by atoms with van der Waals surface area (Å²) < 4.78 is 0. The Balaban J connectivity index is 1.42. The highest BCUT2D eigenvalue weighted by molar-refractivity contribution is 7.80. The lowest BCUT2D eigenvalue weighted by atomic mass is 10.1. The van der Waals surface area contributed by atoms with E-state index in [1.54, 1.807) is 0 Å². The smallest absolute Gasteiger partial charge is 0.169 e. The van der Waals surface area contributed by atoms with E-state index in [-0.39, 0.29) is 0 Å². The van der Waals surface area contributed by atoms with E-state index in [4.69, 9.17) is 23.8 Å². The number of thiocarbonyl (C=S) groups is 1. The van der Waals surface area contributed by atoms with Gasteiger partial charge in [0.1, 0.15) is 0 Å². The summed E-state index contributed by atoms with van der Waals surface area (Å²) in [5.41, 5.74) is 3.84. The number of aryl methyl sites for hydroxylation is 1. The van der Waals surface area contributed by atoms with Gasteiger partial charge in [-0.15, -0.1) is 0 Å². The second kappa shape index (κ2) is 8.65. The molecule has 1 N–H and O–H groups in total. The Hall–Kier alpha value is -1.62. The molecule has 1 saturated heterocycles. The number of benzene rings is 2. The Kier molecular flexibility index (Phi) is 6.29. The molecule has 1 fully saturated rings. The molecule has 1 heterocycles. The molecule has 2 aromatic carbocycles. The van der Waals surface area contributed by atoms with Crippen molar-refractivity contribution in [1.29, 1.82) is 0 Å². The highest BCUT2D eigenvalue weighted by Crippen LogP contribution is 2.13. The summed E-state index contributed by atoms with van der Waals surface area (Å²) in [6.07, 6.45) is 0. The number of hydrogen-bond acceptors (Lipinski definition) is 2. The standard InChI is InChI=1S/C20H24ClN3S/c1-16-2-4-17(5-3-16)14-22-20(25)24-12-10-23(11-13-24)15-18-6-8-19(21)9-7-18/h2-9H,10-15H2,1H3,(H,22,25). The molecule has 0 unspecified atom stereocenters. The van der Waals surface area contributed by atoms with Gasteiger partial charge in [-0.3, -0.25) is 4.90 Å². The summed E-state index contributed by atoms with van der Waals surface area (Å²) in [6.45, 7) is 7.83. The van der Waals surface area contributed by atoms with Crippen molar-refractivity contribution in [3.05, 3.63) is 70.2 Å². The maximum atomic E-state index is 5.95. The maximum absolute atomic E-state index is 5.95. The average Bonchev–Trinajstić information content (AvgIpc) is 2.63. The molecular weight excluding hydrogens is 350 g/mol. The summed E-state index contributed by atoms with van der Waals surface area (Å²) in [4.78, 5) is 4.73. The van der Waals surface area contributed by atoms with Gasteiger partial charge in [0.2, 0.25) is 0 Å². The van der Waals surface area contributed by atoms with Gasteiger partial charge >= 0.3 is 0 Å². The van der Waals surface area contributed by atoms with Crippen LogP contribution in [0.4, 0.5) is 0 Å². The Morgan fingerprint density at radius 1 is 0.960 bits per heavy atom. The van der Waals surface area contributed by atoms with Gasteiger partial charge in [0, 0.05) is 44.3 Å². The van der Waals surface area contributed by atoms with Crippen LogP contribution in [0.15, 0.2) is 48.5 Å². The third kappa shape index (κ3) is 5.43. The molecule has 5 heteroatoms. The summed E-state index contributed by atoms with van der Waals surface area (Å²) >= 11 is 11.5. The Bertz CT molecular complexity index is 692. The fourth-order valence-electron chi connectivity index (χ4n) is 2.95. The van der Waals surface area contributed by atoms with Crippen LogP contribution in [0.5, 0.6) is 0 Å². The predicted molar refractivity (Wildman–Crippen MR) is 109 cm³/mol. The van der Waals surface area contributed by atoms with Crippen LogP contribution in [0.3, 0.4) is 0 Å². The Labute approximate surface area is 160 Å². The minimum Gasteiger partial charge on any atom is -0.358 e. The molecular formula is C20H24ClN3S. The normalized spacial score (nSPS) is 15.2. The highest BCUT2D eigenvalue weighted by atomic mass is 35.5. The van der Waals surface area contributed by atoms with E-state index in [1.807, 2.05) is 12.1 Å². The fraction of sp³-hybridized carbons (Fsp3) is 0.350. The van der Waals surface area contributed by atoms with Crippen LogP contribution < -0.4 is 5.32 Å². The molecule has 3 rings (SSSR count). The lowest BCUT2D eigenvalue weighted by Crippen LogP contribution is -2.51. The number of nitrogens with one attached hydrogen (secondary N) is 1. The van der Waals surface area contributed by atoms with Crippen molar-refractivity contribution in [3.8, 4) is 0 Å². The Morgan fingerprint density at radius 3 is 2.20 bits per heavy atom. The van der Waals surface area contributed by atoms with Crippen molar-refractivity contribution >= 4 is 28.9 Å². The van der Waals surface area contributed by atoms with Crippen molar-refractivity contribution in [1.82, 2.24) is 15.1 Å². The number of piperazine rings is 1. The van der Waals surface area contributed by atoms with E-state index in [9.17, 15) is 0 Å². The minimum atomic E-state index is 0.782. The molecule has 0 saturated carbocycles. The highest BCUT2D eigenvalue weighted by Gasteiger charge is 2.18. The first-order chi connectivity index (χ1) is 12.1. The van der Waals surface area contributed by atoms with Gasteiger partial charge in [0.25, 0.3) is 0 Å². The van der Waals surface area contributed by atoms with Gasteiger partial charge < -0.3 is 10.2 Å². The van der Waals surface area contributed by atoms with E-state index >= 15 is 0 Å². The maximum Gasteiger partial charge on any atom is 0.169 e. The number of halogens is 1. The summed E-state index contributed by atoms with van der Waals surface area (Å²) in [6, 6.07) is 16.7. The molecule has 1 aliphatic rings. The summed E-state index contributed by atoms with van der Waals surface area (Å²) in [5, 5.41) is 5.03. The van der Waals surface area contributed by atoms with E-state index in [2.05, 4.69) is 58.4 Å². The number of rotatable bonds is 4. The third-order valence-electron chi connectivity index (χ3n) is 4.54. The van der Waals surface area contributed by atoms with E-state index in [1.165, 1.54) is 16.7 Å². The van der Waals surface area contributed by atoms with Crippen LogP contribution in [0, 0.1) is 6.92 Å². The minimum absolute atomic E-state index is 0.782. The molecule has 0 amide bonds. The predicted octanol–water partition coefficient (Wildman–Crippen LogP) is 3.84. The van der Waals surface area contributed by atoms with Crippen LogP contribution >= 0.6 is 23.8 Å². The zero-order valence-electron chi connectivity index (χ0n) is 14.5. The first-order valence-corrected chi connectivity index (χ1v) is 9.44. The first kappa shape index (κ1) is 18.2. The lowest BCUT2D eigenvalue weighted by molar-refractivity contribution is 0.174. The molecule has 0 atom stereocenters. The van der Waals surface area contributed by atoms with E-state index in [0.717, 1.165) is 49.4 Å². The quantitative estimate of drug-likeness (QED) is 0.820. The zero-order valence-corrected chi connectivity index (χ0v) is 16.1. The molecule has 0 aliphatic carbocycles. The molecule has 3 nitrogen and oxygen atoms in total. The first-order valence-electron chi connectivity index (χ1n) is 8.65. The van der Waals surface area contributed by atoms with Crippen LogP contribution in [0.2, 0.25) is 5.02 Å². The van der Waals surface area contributed by atoms with Crippen molar-refractivity contribution in [3.63, 3.8) is 0 Å². The monoisotopic (exact) mass is 373 g/mol. The molecule has 0 bridgehead atoms. The molecule has 1 aliphatic heterocycles. The van der Waals surface area contributed by atoms with Gasteiger partial charge in [-0.2, -0.15) is 0 Å². The lowest BCUT2D eigenvalue weighted by Gasteiger charge is -2.36. The largest absolute Gasteiger partial charge is 0.358 e. The van der Waals surface area contributed by atoms with Crippen LogP contribution in [-0.2, 0) is 13.1 Å². The van der Waals surface area contributed by atoms with Gasteiger partial charge in [0.05, 0.1) is 0 Å². The van der Waals surface area contributed by atoms with Crippen molar-refractivity contribution in [2.45, 2.75) is 20.0 Å². The third-order valence-corrected chi connectivity index (χ3v) is 5.20. The summed E-state index contributed by atoms with van der Waals surface area (Å²) in [7, 11) is 0. The van der Waals surface area contributed by atoms with Crippen molar-refractivity contribution < 1.29 is 0 Å². The molecule has 132 valence electrons. The van der Waals surface area contributed by atoms with E-state index < -0.39 is 0 Å². The molecule has 2 aromatic rings. The Morgan fingerprint density at radius 2 is 1.56 bits per heavy atom. The van der Waals surface area contributed by atoms with E-state index in [0.29, 0.717) is 0 Å². The molecule has 25 heavy (non-hydrogen) atoms. The number of nitrogens with zero attached hydrogens (tertiary/aromatic N) is 2. The second-order valence-corrected chi connectivity index (χ2v) is 7.36. The van der Waals surface area contributed by atoms with Crippen molar-refractivity contribution in [2.24, 2.45) is 0 Å². The summed E-state index contributed by atoms with van der Waals surface area (Å²) in [5.74, 6) is 0. The van der Waals surface area contributed by atoms with Crippen LogP contribution in [0.1, 0.15) is 16.7 Å². The van der Waals surface area contributed by atoms with Crippen molar-refractivity contribution in [2.75, 3.05) is 26.2 Å². The topological polar surface area (TPSA) is 18.5 Å². The number of hydrogen-bond donors (Lipinski definition) is 1. The average molecular weight is 374 g/mol. The molecule has 0 spiro atoms. The second-order valence-electron chi connectivity index (χ2n) is 6.53. The van der Waals surface area contributed by atoms with Gasteiger partial charge in [-0.05, 0) is 42.4 Å². The van der Waals surface area contributed by atoms with Crippen LogP contribution in [-0.4, -0.2) is 41.1 Å².